The van der Waals surface area contributed by atoms with Gasteiger partial charge in [-0.3, -0.25) is 9.59 Å². The van der Waals surface area contributed by atoms with Gasteiger partial charge in [0.15, 0.2) is 0 Å². The molecule has 0 saturated heterocycles. The van der Waals surface area contributed by atoms with Gasteiger partial charge in [-0.2, -0.15) is 0 Å². The largest absolute Gasteiger partial charge is 0.376 e. The van der Waals surface area contributed by atoms with Gasteiger partial charge in [0.05, 0.1) is 11.3 Å². The average Bonchev–Trinajstić information content (AvgIpc) is 2.41. The molecule has 0 bridgehead atoms. The molecule has 0 aromatic heterocycles. The predicted molar refractivity (Wildman–Crippen MR) is 84.3 cm³/mol. The monoisotopic (exact) mass is 271 g/mol. The van der Waals surface area contributed by atoms with E-state index in [1.807, 2.05) is 52.8 Å². The Labute approximate surface area is 119 Å². The highest BCUT2D eigenvalue weighted by molar-refractivity contribution is 5.82. The fraction of sp³-hybridized carbons (Fsp3) is 0.412. The van der Waals surface area contributed by atoms with Crippen LogP contribution < -0.4 is 16.2 Å². The lowest BCUT2D eigenvalue weighted by molar-refractivity contribution is 0.546. The molecule has 0 spiro atoms. The SMILES string of the molecule is CCC(C)(C)Nc1c(-c2ccc(C)c(C)c2)c(=O)c1=O. The second-order valence-electron chi connectivity index (χ2n) is 6.07. The van der Waals surface area contributed by atoms with Gasteiger partial charge in [-0.05, 0) is 50.8 Å². The highest BCUT2D eigenvalue weighted by Crippen LogP contribution is 2.28. The smallest absolute Gasteiger partial charge is 0.250 e. The lowest BCUT2D eigenvalue weighted by Crippen LogP contribution is -2.42. The van der Waals surface area contributed by atoms with Crippen molar-refractivity contribution < 1.29 is 0 Å². The maximum Gasteiger partial charge on any atom is 0.250 e. The number of anilines is 1. The molecule has 0 radical (unpaired) electrons. The van der Waals surface area contributed by atoms with Crippen LogP contribution in [0, 0.1) is 13.8 Å². The third kappa shape index (κ3) is 2.40. The highest BCUT2D eigenvalue weighted by atomic mass is 16.2. The molecular formula is C17H21NO2. The van der Waals surface area contributed by atoms with Crippen molar-refractivity contribution in [2.75, 3.05) is 5.32 Å². The minimum Gasteiger partial charge on any atom is -0.376 e. The Morgan fingerprint density at radius 2 is 1.70 bits per heavy atom. The van der Waals surface area contributed by atoms with Crippen LogP contribution >= 0.6 is 0 Å². The fourth-order valence-corrected chi connectivity index (χ4v) is 2.11. The molecule has 0 atom stereocenters. The zero-order valence-electron chi connectivity index (χ0n) is 12.8. The normalized spacial score (nSPS) is 11.8. The summed E-state index contributed by atoms with van der Waals surface area (Å²) in [6.45, 7) is 10.1. The van der Waals surface area contributed by atoms with E-state index >= 15 is 0 Å². The molecule has 20 heavy (non-hydrogen) atoms. The third-order valence-corrected chi connectivity index (χ3v) is 4.05. The van der Waals surface area contributed by atoms with Crippen molar-refractivity contribution in [2.24, 2.45) is 0 Å². The van der Waals surface area contributed by atoms with Crippen LogP contribution in [0.3, 0.4) is 0 Å². The van der Waals surface area contributed by atoms with E-state index in [-0.39, 0.29) is 11.0 Å². The number of rotatable bonds is 4. The first-order valence-corrected chi connectivity index (χ1v) is 6.96. The number of benzene rings is 1. The zero-order valence-corrected chi connectivity index (χ0v) is 12.8. The second kappa shape index (κ2) is 4.89. The minimum atomic E-state index is -0.403. The summed E-state index contributed by atoms with van der Waals surface area (Å²) in [6.07, 6.45) is 0.873. The maximum absolute atomic E-state index is 11.9. The maximum atomic E-state index is 11.9. The summed E-state index contributed by atoms with van der Waals surface area (Å²) in [7, 11) is 0. The molecule has 0 aliphatic heterocycles. The Balaban J connectivity index is 2.48. The van der Waals surface area contributed by atoms with Gasteiger partial charge in [-0.25, -0.2) is 0 Å². The fourth-order valence-electron chi connectivity index (χ4n) is 2.11. The highest BCUT2D eigenvalue weighted by Gasteiger charge is 2.26. The van der Waals surface area contributed by atoms with E-state index in [2.05, 4.69) is 5.32 Å². The summed E-state index contributed by atoms with van der Waals surface area (Å²) in [6, 6.07) is 5.86. The third-order valence-electron chi connectivity index (χ3n) is 4.05. The molecule has 0 fully saturated rings. The number of hydrogen-bond acceptors (Lipinski definition) is 3. The molecule has 1 N–H and O–H groups in total. The van der Waals surface area contributed by atoms with Crippen LogP contribution in [0.4, 0.5) is 5.69 Å². The molecule has 2 aromatic carbocycles. The van der Waals surface area contributed by atoms with Crippen molar-refractivity contribution in [1.29, 1.82) is 0 Å². The summed E-state index contributed by atoms with van der Waals surface area (Å²) >= 11 is 0. The predicted octanol–water partition coefficient (Wildman–Crippen LogP) is 3.17. The molecule has 2 rings (SSSR count). The Kier molecular flexibility index (Phi) is 3.55. The van der Waals surface area contributed by atoms with Gasteiger partial charge in [-0.1, -0.05) is 25.1 Å². The van der Waals surface area contributed by atoms with Crippen LogP contribution in [-0.2, 0) is 0 Å². The molecule has 0 heterocycles. The second-order valence-corrected chi connectivity index (χ2v) is 6.07. The first kappa shape index (κ1) is 14.5. The molecule has 3 nitrogen and oxygen atoms in total. The molecule has 0 amide bonds. The van der Waals surface area contributed by atoms with E-state index in [4.69, 9.17) is 0 Å². The van der Waals surface area contributed by atoms with Gasteiger partial charge in [0.2, 0.25) is 10.9 Å². The standard InChI is InChI=1S/C17H21NO2/c1-6-17(4,5)18-14-13(15(19)16(14)20)12-8-7-10(2)11(3)9-12/h7-9,18H,6H2,1-5H3. The molecule has 2 aromatic rings. The van der Waals surface area contributed by atoms with E-state index in [1.165, 1.54) is 5.56 Å². The van der Waals surface area contributed by atoms with Crippen LogP contribution in [0.1, 0.15) is 38.3 Å². The molecule has 0 aliphatic rings. The average molecular weight is 271 g/mol. The van der Waals surface area contributed by atoms with Crippen LogP contribution in [0.25, 0.3) is 11.1 Å². The van der Waals surface area contributed by atoms with Crippen LogP contribution in [-0.4, -0.2) is 5.54 Å². The summed E-state index contributed by atoms with van der Waals surface area (Å²) in [4.78, 5) is 23.7. The Bertz CT molecular complexity index is 719. The van der Waals surface area contributed by atoms with Gasteiger partial charge in [0.25, 0.3) is 0 Å². The summed E-state index contributed by atoms with van der Waals surface area (Å²) < 4.78 is 0. The van der Waals surface area contributed by atoms with Gasteiger partial charge in [0.1, 0.15) is 0 Å². The number of aryl methyl sites for hydroxylation is 2. The Morgan fingerprint density at radius 3 is 2.25 bits per heavy atom. The molecule has 106 valence electrons. The van der Waals surface area contributed by atoms with Gasteiger partial charge in [-0.15, -0.1) is 0 Å². The molecule has 3 heteroatoms. The van der Waals surface area contributed by atoms with E-state index < -0.39 is 5.43 Å². The van der Waals surface area contributed by atoms with Gasteiger partial charge in [0, 0.05) is 5.54 Å². The topological polar surface area (TPSA) is 46.2 Å². The van der Waals surface area contributed by atoms with Crippen molar-refractivity contribution in [2.45, 2.75) is 46.6 Å². The molecule has 0 saturated carbocycles. The van der Waals surface area contributed by atoms with Crippen LogP contribution in [0.2, 0.25) is 0 Å². The van der Waals surface area contributed by atoms with Crippen molar-refractivity contribution >= 4 is 5.69 Å². The lowest BCUT2D eigenvalue weighted by atomic mass is 9.93. The Morgan fingerprint density at radius 1 is 1.05 bits per heavy atom. The quantitative estimate of drug-likeness (QED) is 0.869. The summed E-state index contributed by atoms with van der Waals surface area (Å²) in [5.74, 6) is 0. The molecular weight excluding hydrogens is 250 g/mol. The number of hydrogen-bond donors (Lipinski definition) is 1. The van der Waals surface area contributed by atoms with E-state index in [9.17, 15) is 9.59 Å². The van der Waals surface area contributed by atoms with Crippen molar-refractivity contribution in [3.05, 3.63) is 49.8 Å². The van der Waals surface area contributed by atoms with Gasteiger partial charge >= 0.3 is 0 Å². The van der Waals surface area contributed by atoms with Gasteiger partial charge < -0.3 is 5.32 Å². The first-order valence-electron chi connectivity index (χ1n) is 6.96. The lowest BCUT2D eigenvalue weighted by Gasteiger charge is -2.27. The Hall–Kier alpha value is -1.90. The van der Waals surface area contributed by atoms with E-state index in [1.54, 1.807) is 0 Å². The minimum absolute atomic E-state index is 0.198. The molecule has 0 aliphatic carbocycles. The van der Waals surface area contributed by atoms with E-state index in [0.29, 0.717) is 11.3 Å². The van der Waals surface area contributed by atoms with Crippen LogP contribution in [0.15, 0.2) is 27.8 Å². The van der Waals surface area contributed by atoms with Crippen molar-refractivity contribution in [3.8, 4) is 11.1 Å². The van der Waals surface area contributed by atoms with Crippen LogP contribution in [0.5, 0.6) is 0 Å². The number of nitrogens with one attached hydrogen (secondary N) is 1. The van der Waals surface area contributed by atoms with Crippen molar-refractivity contribution in [3.63, 3.8) is 0 Å². The zero-order chi connectivity index (χ0) is 15.1. The summed E-state index contributed by atoms with van der Waals surface area (Å²) in [5.41, 5.74) is 3.13. The summed E-state index contributed by atoms with van der Waals surface area (Å²) in [5, 5.41) is 3.21. The first-order chi connectivity index (χ1) is 9.26. The van der Waals surface area contributed by atoms with Crippen molar-refractivity contribution in [1.82, 2.24) is 0 Å². The van der Waals surface area contributed by atoms with E-state index in [0.717, 1.165) is 17.5 Å². The molecule has 0 unspecified atom stereocenters.